The molecule has 1 heterocycles. The number of rotatable bonds is 7. The Kier molecular flexibility index (Phi) is 5.79. The fraction of sp³-hybridized carbons (Fsp3) is 0.286. The van der Waals surface area contributed by atoms with E-state index < -0.39 is 6.10 Å². The van der Waals surface area contributed by atoms with E-state index >= 15 is 0 Å². The number of aliphatic hydroxyl groups excluding tert-OH is 1. The molecule has 0 bridgehead atoms. The van der Waals surface area contributed by atoms with E-state index in [0.29, 0.717) is 17.5 Å². The second-order valence-electron chi connectivity index (χ2n) is 4.20. The Hall–Kier alpha value is -1.63. The molecule has 1 unspecified atom stereocenters. The van der Waals surface area contributed by atoms with Crippen molar-refractivity contribution >= 4 is 11.8 Å². The first-order valence-corrected chi connectivity index (χ1v) is 7.20. The summed E-state index contributed by atoms with van der Waals surface area (Å²) in [6.45, 7) is 0.724. The Labute approximate surface area is 121 Å². The number of hydrogen-bond donors (Lipinski definition) is 2. The van der Waals surface area contributed by atoms with Crippen molar-refractivity contribution in [3.8, 4) is 0 Å². The number of H-pyrrole nitrogens is 1. The van der Waals surface area contributed by atoms with Crippen LogP contribution in [0.3, 0.4) is 0 Å². The highest BCUT2D eigenvalue weighted by Crippen LogP contribution is 2.12. The van der Waals surface area contributed by atoms with Gasteiger partial charge in [-0.1, -0.05) is 42.1 Å². The van der Waals surface area contributed by atoms with Gasteiger partial charge in [0.15, 0.2) is 5.16 Å². The van der Waals surface area contributed by atoms with Gasteiger partial charge < -0.3 is 14.8 Å². The molecule has 0 aliphatic heterocycles. The van der Waals surface area contributed by atoms with E-state index in [-0.39, 0.29) is 12.2 Å². The molecule has 1 aromatic heterocycles. The summed E-state index contributed by atoms with van der Waals surface area (Å²) in [4.78, 5) is 17.7. The van der Waals surface area contributed by atoms with Gasteiger partial charge in [-0.2, -0.15) is 0 Å². The molecule has 0 fully saturated rings. The Morgan fingerprint density at radius 2 is 2.10 bits per heavy atom. The molecule has 106 valence electrons. The maximum Gasteiger partial charge on any atom is 0.251 e. The first-order chi connectivity index (χ1) is 9.74. The van der Waals surface area contributed by atoms with Crippen molar-refractivity contribution in [2.24, 2.45) is 0 Å². The zero-order valence-electron chi connectivity index (χ0n) is 10.9. The van der Waals surface area contributed by atoms with Gasteiger partial charge in [0, 0.05) is 18.0 Å². The average molecular weight is 292 g/mol. The van der Waals surface area contributed by atoms with Crippen LogP contribution in [-0.4, -0.2) is 33.5 Å². The average Bonchev–Trinajstić information content (AvgIpc) is 2.46. The second kappa shape index (κ2) is 7.84. The first kappa shape index (κ1) is 14.8. The molecule has 0 amide bonds. The van der Waals surface area contributed by atoms with Gasteiger partial charge in [0.05, 0.1) is 19.3 Å². The molecule has 5 nitrogen and oxygen atoms in total. The predicted octanol–water partition coefficient (Wildman–Crippen LogP) is 1.44. The summed E-state index contributed by atoms with van der Waals surface area (Å²) in [7, 11) is 0. The van der Waals surface area contributed by atoms with Crippen LogP contribution in [0.5, 0.6) is 0 Å². The number of hydrogen-bond acceptors (Lipinski definition) is 5. The number of aromatic amines is 1. The summed E-state index contributed by atoms with van der Waals surface area (Å²) in [5.74, 6) is 0.418. The number of nitrogens with zero attached hydrogens (tertiary/aromatic N) is 1. The lowest BCUT2D eigenvalue weighted by Crippen LogP contribution is -2.18. The van der Waals surface area contributed by atoms with Crippen LogP contribution < -0.4 is 5.56 Å². The predicted molar refractivity (Wildman–Crippen MR) is 77.7 cm³/mol. The molecule has 1 aromatic carbocycles. The number of thioether (sulfide) groups is 1. The quantitative estimate of drug-likeness (QED) is 0.596. The van der Waals surface area contributed by atoms with Crippen LogP contribution in [0.1, 0.15) is 5.56 Å². The SMILES string of the molecule is O=c1ccnc(SCC(O)COCc2ccccc2)[nH]1. The molecule has 20 heavy (non-hydrogen) atoms. The van der Waals surface area contributed by atoms with Gasteiger partial charge in [0.2, 0.25) is 0 Å². The molecule has 0 saturated carbocycles. The summed E-state index contributed by atoms with van der Waals surface area (Å²) in [6.07, 6.45) is 0.841. The van der Waals surface area contributed by atoms with Crippen molar-refractivity contribution < 1.29 is 9.84 Å². The monoisotopic (exact) mass is 292 g/mol. The van der Waals surface area contributed by atoms with Crippen molar-refractivity contribution in [2.75, 3.05) is 12.4 Å². The van der Waals surface area contributed by atoms with Crippen molar-refractivity contribution in [3.63, 3.8) is 0 Å². The minimum absolute atomic E-state index is 0.197. The molecule has 0 aliphatic carbocycles. The fourth-order valence-electron chi connectivity index (χ4n) is 1.54. The minimum Gasteiger partial charge on any atom is -0.390 e. The molecule has 0 aliphatic rings. The molecule has 6 heteroatoms. The number of nitrogens with one attached hydrogen (secondary N) is 1. The smallest absolute Gasteiger partial charge is 0.251 e. The lowest BCUT2D eigenvalue weighted by atomic mass is 10.2. The maximum atomic E-state index is 11.1. The Morgan fingerprint density at radius 1 is 1.30 bits per heavy atom. The van der Waals surface area contributed by atoms with Crippen molar-refractivity contribution in [1.82, 2.24) is 9.97 Å². The lowest BCUT2D eigenvalue weighted by molar-refractivity contribution is 0.0398. The van der Waals surface area contributed by atoms with Crippen molar-refractivity contribution in [3.05, 3.63) is 58.5 Å². The summed E-state index contributed by atoms with van der Waals surface area (Å²) in [6, 6.07) is 11.1. The van der Waals surface area contributed by atoms with Crippen LogP contribution in [0, 0.1) is 0 Å². The standard InChI is InChI=1S/C14H16N2O3S/c17-12(9-19-8-11-4-2-1-3-5-11)10-20-14-15-7-6-13(18)16-14/h1-7,12,17H,8-10H2,(H,15,16,18). The van der Waals surface area contributed by atoms with Crippen LogP contribution in [0.15, 0.2) is 52.5 Å². The maximum absolute atomic E-state index is 11.1. The normalized spacial score (nSPS) is 12.2. The van der Waals surface area contributed by atoms with Gasteiger partial charge in [0.1, 0.15) is 0 Å². The molecular weight excluding hydrogens is 276 g/mol. The van der Waals surface area contributed by atoms with E-state index in [1.165, 1.54) is 24.0 Å². The van der Waals surface area contributed by atoms with Crippen molar-refractivity contribution in [1.29, 1.82) is 0 Å². The first-order valence-electron chi connectivity index (χ1n) is 6.22. The summed E-state index contributed by atoms with van der Waals surface area (Å²) < 4.78 is 5.44. The minimum atomic E-state index is -0.603. The van der Waals surface area contributed by atoms with Crippen LogP contribution in [-0.2, 0) is 11.3 Å². The topological polar surface area (TPSA) is 75.2 Å². The second-order valence-corrected chi connectivity index (χ2v) is 5.21. The van der Waals surface area contributed by atoms with E-state index in [9.17, 15) is 9.90 Å². The molecule has 0 saturated heterocycles. The molecule has 1 atom stereocenters. The fourth-order valence-corrected chi connectivity index (χ4v) is 2.29. The third-order valence-electron chi connectivity index (χ3n) is 2.48. The number of ether oxygens (including phenoxy) is 1. The summed E-state index contributed by atoms with van der Waals surface area (Å²) >= 11 is 1.29. The third-order valence-corrected chi connectivity index (χ3v) is 3.51. The highest BCUT2D eigenvalue weighted by molar-refractivity contribution is 7.99. The Morgan fingerprint density at radius 3 is 2.85 bits per heavy atom. The van der Waals surface area contributed by atoms with Gasteiger partial charge in [0.25, 0.3) is 5.56 Å². The summed E-state index contributed by atoms with van der Waals surface area (Å²) in [5, 5.41) is 10.3. The summed E-state index contributed by atoms with van der Waals surface area (Å²) in [5.41, 5.74) is 0.874. The number of aliphatic hydroxyl groups is 1. The third kappa shape index (κ3) is 5.16. The number of aromatic nitrogens is 2. The Balaban J connectivity index is 1.68. The van der Waals surface area contributed by atoms with E-state index in [1.807, 2.05) is 30.3 Å². The zero-order valence-corrected chi connectivity index (χ0v) is 11.7. The van der Waals surface area contributed by atoms with Gasteiger partial charge >= 0.3 is 0 Å². The molecule has 0 radical (unpaired) electrons. The van der Waals surface area contributed by atoms with Gasteiger partial charge in [-0.05, 0) is 5.56 Å². The van der Waals surface area contributed by atoms with Crippen LogP contribution >= 0.6 is 11.8 Å². The van der Waals surface area contributed by atoms with Crippen LogP contribution in [0.25, 0.3) is 0 Å². The molecule has 2 N–H and O–H groups in total. The van der Waals surface area contributed by atoms with Gasteiger partial charge in [-0.15, -0.1) is 0 Å². The van der Waals surface area contributed by atoms with E-state index in [4.69, 9.17) is 4.74 Å². The molecular formula is C14H16N2O3S. The largest absolute Gasteiger partial charge is 0.390 e. The highest BCUT2D eigenvalue weighted by Gasteiger charge is 2.06. The van der Waals surface area contributed by atoms with Crippen LogP contribution in [0.4, 0.5) is 0 Å². The number of benzene rings is 1. The van der Waals surface area contributed by atoms with E-state index in [0.717, 1.165) is 5.56 Å². The molecule has 2 rings (SSSR count). The van der Waals surface area contributed by atoms with E-state index in [2.05, 4.69) is 9.97 Å². The molecule has 2 aromatic rings. The van der Waals surface area contributed by atoms with Gasteiger partial charge in [-0.25, -0.2) is 4.98 Å². The van der Waals surface area contributed by atoms with Crippen molar-refractivity contribution in [2.45, 2.75) is 17.9 Å². The van der Waals surface area contributed by atoms with Crippen LogP contribution in [0.2, 0.25) is 0 Å². The van der Waals surface area contributed by atoms with E-state index in [1.54, 1.807) is 0 Å². The molecule has 0 spiro atoms. The Bertz CT molecular complexity index is 574. The zero-order chi connectivity index (χ0) is 14.2. The lowest BCUT2D eigenvalue weighted by Gasteiger charge is -2.10. The highest BCUT2D eigenvalue weighted by atomic mass is 32.2. The van der Waals surface area contributed by atoms with Gasteiger partial charge in [-0.3, -0.25) is 4.79 Å².